The van der Waals surface area contributed by atoms with Crippen LogP contribution in [0, 0.1) is 13.8 Å². The molecule has 2 aromatic heterocycles. The number of aromatic nitrogens is 3. The van der Waals surface area contributed by atoms with Crippen molar-refractivity contribution < 1.29 is 0 Å². The van der Waals surface area contributed by atoms with Gasteiger partial charge in [-0.2, -0.15) is 5.11 Å². The van der Waals surface area contributed by atoms with Crippen LogP contribution in [0.3, 0.4) is 0 Å². The number of hydrogen-bond donors (Lipinski definition) is 1. The highest BCUT2D eigenvalue weighted by Crippen LogP contribution is 2.27. The van der Waals surface area contributed by atoms with E-state index in [4.69, 9.17) is 0 Å². The Hall–Kier alpha value is -3.06. The monoisotopic (exact) mass is 349 g/mol. The van der Waals surface area contributed by atoms with E-state index in [-0.39, 0.29) is 5.56 Å². The van der Waals surface area contributed by atoms with Gasteiger partial charge in [0.25, 0.3) is 5.56 Å². The summed E-state index contributed by atoms with van der Waals surface area (Å²) >= 11 is 1.61. The molecule has 0 amide bonds. The van der Waals surface area contributed by atoms with Crippen LogP contribution in [-0.2, 0) is 0 Å². The molecule has 0 aliphatic heterocycles. The molecule has 0 saturated carbocycles. The van der Waals surface area contributed by atoms with Crippen molar-refractivity contribution in [3.05, 3.63) is 69.6 Å². The molecule has 0 saturated heterocycles. The second-order valence-corrected chi connectivity index (χ2v) is 6.88. The average molecular weight is 349 g/mol. The van der Waals surface area contributed by atoms with Gasteiger partial charge in [0.1, 0.15) is 0 Å². The number of thiazole rings is 1. The topological polar surface area (TPSA) is 75.4 Å². The number of aryl methyl sites for hydroxylation is 2. The van der Waals surface area contributed by atoms with Crippen LogP contribution in [0.2, 0.25) is 0 Å². The van der Waals surface area contributed by atoms with Crippen molar-refractivity contribution in [2.45, 2.75) is 13.8 Å². The van der Waals surface area contributed by atoms with Gasteiger partial charge in [0.2, 0.25) is 0 Å². The predicted octanol–water partition coefficient (Wildman–Crippen LogP) is 4.81. The molecule has 1 N–H and O–H groups in total. The smallest absolute Gasteiger partial charge is 0.293 e. The zero-order valence-corrected chi connectivity index (χ0v) is 14.5. The molecule has 6 nitrogen and oxygen atoms in total. The molecule has 2 heterocycles. The summed E-state index contributed by atoms with van der Waals surface area (Å²) in [5, 5.41) is 12.5. The summed E-state index contributed by atoms with van der Waals surface area (Å²) in [6.45, 7) is 3.78. The third-order valence-electron chi connectivity index (χ3n) is 3.80. The maximum atomic E-state index is 12.6. The molecule has 0 aliphatic carbocycles. The lowest BCUT2D eigenvalue weighted by Gasteiger charge is -1.99. The molecule has 7 heteroatoms. The lowest BCUT2D eigenvalue weighted by molar-refractivity contribution is 0.835. The first kappa shape index (κ1) is 15.5. The Balaban J connectivity index is 1.71. The fraction of sp³-hybridized carbons (Fsp3) is 0.111. The van der Waals surface area contributed by atoms with Crippen molar-refractivity contribution in [3.8, 4) is 5.69 Å². The molecule has 2 aromatic carbocycles. The highest BCUT2D eigenvalue weighted by molar-refractivity contribution is 7.18. The number of azo groups is 1. The summed E-state index contributed by atoms with van der Waals surface area (Å²) in [6, 6.07) is 15.1. The van der Waals surface area contributed by atoms with E-state index in [0.717, 1.165) is 20.9 Å². The molecular formula is C18H15N5OS. The van der Waals surface area contributed by atoms with Gasteiger partial charge in [-0.05, 0) is 44.2 Å². The maximum Gasteiger partial charge on any atom is 0.299 e. The summed E-state index contributed by atoms with van der Waals surface area (Å²) in [5.74, 6) is 0. The molecule has 0 aliphatic rings. The molecule has 0 bridgehead atoms. The molecule has 4 aromatic rings. The van der Waals surface area contributed by atoms with Gasteiger partial charge in [-0.15, -0.1) is 16.5 Å². The van der Waals surface area contributed by atoms with Crippen LogP contribution in [-0.4, -0.2) is 14.8 Å². The van der Waals surface area contributed by atoms with Crippen LogP contribution < -0.4 is 5.56 Å². The van der Waals surface area contributed by atoms with Crippen LogP contribution >= 0.6 is 11.3 Å². The predicted molar refractivity (Wildman–Crippen MR) is 99.7 cm³/mol. The lowest BCUT2D eigenvalue weighted by atomic mass is 10.3. The van der Waals surface area contributed by atoms with Crippen LogP contribution in [0.5, 0.6) is 0 Å². The van der Waals surface area contributed by atoms with Gasteiger partial charge in [0.05, 0.1) is 32.3 Å². The minimum absolute atomic E-state index is 0.220. The van der Waals surface area contributed by atoms with Crippen molar-refractivity contribution >= 4 is 32.9 Å². The Bertz CT molecular complexity index is 1140. The first-order chi connectivity index (χ1) is 12.1. The summed E-state index contributed by atoms with van der Waals surface area (Å²) in [5.41, 5.74) is 3.17. The zero-order chi connectivity index (χ0) is 17.4. The number of nitrogens with zero attached hydrogens (tertiary/aromatic N) is 4. The maximum absolute atomic E-state index is 12.6. The third kappa shape index (κ3) is 2.89. The minimum Gasteiger partial charge on any atom is -0.293 e. The van der Waals surface area contributed by atoms with E-state index in [1.807, 2.05) is 62.4 Å². The van der Waals surface area contributed by atoms with Gasteiger partial charge in [0, 0.05) is 0 Å². The second kappa shape index (κ2) is 6.10. The number of aromatic amines is 1. The summed E-state index contributed by atoms with van der Waals surface area (Å²) < 4.78 is 2.53. The van der Waals surface area contributed by atoms with E-state index in [1.54, 1.807) is 11.3 Å². The van der Waals surface area contributed by atoms with E-state index in [2.05, 4.69) is 20.3 Å². The SMILES string of the molecule is Cc1nc2ccc(N=Nc3c(C)[nH]n(-c4ccccc4)c3=O)cc2s1. The van der Waals surface area contributed by atoms with Gasteiger partial charge in [0.15, 0.2) is 5.69 Å². The van der Waals surface area contributed by atoms with E-state index >= 15 is 0 Å². The largest absolute Gasteiger partial charge is 0.299 e. The third-order valence-corrected chi connectivity index (χ3v) is 4.73. The molecule has 0 unspecified atom stereocenters. The van der Waals surface area contributed by atoms with Crippen LogP contribution in [0.1, 0.15) is 10.7 Å². The molecule has 0 atom stereocenters. The zero-order valence-electron chi connectivity index (χ0n) is 13.7. The molecular weight excluding hydrogens is 334 g/mol. The summed E-state index contributed by atoms with van der Waals surface area (Å²) in [6.07, 6.45) is 0. The van der Waals surface area contributed by atoms with Crippen LogP contribution in [0.15, 0.2) is 63.6 Å². The molecule has 124 valence electrons. The van der Waals surface area contributed by atoms with Crippen molar-refractivity contribution in [1.82, 2.24) is 14.8 Å². The normalized spacial score (nSPS) is 11.6. The average Bonchev–Trinajstić information content (AvgIpc) is 3.12. The van der Waals surface area contributed by atoms with Crippen molar-refractivity contribution in [2.75, 3.05) is 0 Å². The number of para-hydroxylation sites is 1. The number of benzene rings is 2. The summed E-state index contributed by atoms with van der Waals surface area (Å²) in [4.78, 5) is 17.0. The van der Waals surface area contributed by atoms with E-state index < -0.39 is 0 Å². The lowest BCUT2D eigenvalue weighted by Crippen LogP contribution is -2.13. The first-order valence-corrected chi connectivity index (χ1v) is 8.59. The van der Waals surface area contributed by atoms with Crippen LogP contribution in [0.25, 0.3) is 15.9 Å². The number of fused-ring (bicyclic) bond motifs is 1. The number of hydrogen-bond acceptors (Lipinski definition) is 5. The molecule has 4 rings (SSSR count). The summed E-state index contributed by atoms with van der Waals surface area (Å²) in [7, 11) is 0. The minimum atomic E-state index is -0.220. The highest BCUT2D eigenvalue weighted by Gasteiger charge is 2.12. The van der Waals surface area contributed by atoms with Gasteiger partial charge >= 0.3 is 0 Å². The Morgan fingerprint density at radius 3 is 2.68 bits per heavy atom. The van der Waals surface area contributed by atoms with Gasteiger partial charge in [-0.1, -0.05) is 18.2 Å². The molecule has 0 radical (unpaired) electrons. The van der Waals surface area contributed by atoms with Crippen molar-refractivity contribution in [3.63, 3.8) is 0 Å². The second-order valence-electron chi connectivity index (χ2n) is 5.65. The quantitative estimate of drug-likeness (QED) is 0.539. The van der Waals surface area contributed by atoms with Gasteiger partial charge in [-0.25, -0.2) is 9.67 Å². The van der Waals surface area contributed by atoms with Crippen molar-refractivity contribution in [2.24, 2.45) is 10.2 Å². The Morgan fingerprint density at radius 1 is 1.08 bits per heavy atom. The van der Waals surface area contributed by atoms with Gasteiger partial charge < -0.3 is 0 Å². The Kier molecular flexibility index (Phi) is 3.77. The van der Waals surface area contributed by atoms with Gasteiger partial charge in [-0.3, -0.25) is 9.89 Å². The Labute approximate surface area is 147 Å². The van der Waals surface area contributed by atoms with Crippen LogP contribution in [0.4, 0.5) is 11.4 Å². The number of nitrogens with one attached hydrogen (secondary N) is 1. The number of rotatable bonds is 3. The van der Waals surface area contributed by atoms with E-state index in [1.165, 1.54) is 4.68 Å². The standard InChI is InChI=1S/C18H15N5OS/c1-11-17(18(24)23(22-11)14-6-4-3-5-7-14)21-20-13-8-9-15-16(10-13)25-12(2)19-15/h3-10,22H,1-2H3. The van der Waals surface area contributed by atoms with E-state index in [9.17, 15) is 4.79 Å². The fourth-order valence-electron chi connectivity index (χ4n) is 2.61. The van der Waals surface area contributed by atoms with Crippen molar-refractivity contribution in [1.29, 1.82) is 0 Å². The molecule has 25 heavy (non-hydrogen) atoms. The number of H-pyrrole nitrogens is 1. The first-order valence-electron chi connectivity index (χ1n) is 7.78. The Morgan fingerprint density at radius 2 is 1.88 bits per heavy atom. The molecule has 0 spiro atoms. The van der Waals surface area contributed by atoms with E-state index in [0.29, 0.717) is 17.1 Å². The highest BCUT2D eigenvalue weighted by atomic mass is 32.1. The fourth-order valence-corrected chi connectivity index (χ4v) is 3.47. The molecule has 0 fully saturated rings.